The van der Waals surface area contributed by atoms with Crippen LogP contribution in [0.5, 0.6) is 5.75 Å². The summed E-state index contributed by atoms with van der Waals surface area (Å²) in [6, 6.07) is 8.07. The van der Waals surface area contributed by atoms with Crippen molar-refractivity contribution in [1.29, 1.82) is 0 Å². The molecule has 0 bridgehead atoms. The number of ether oxygens (including phenoxy) is 1. The Morgan fingerprint density at radius 3 is 2.26 bits per heavy atom. The number of aromatic nitrogens is 8. The number of hydrogen-bond acceptors (Lipinski definition) is 13. The third-order valence-corrected chi connectivity index (χ3v) is 10.3. The normalized spacial score (nSPS) is 19.6. The molecule has 14 nitrogen and oxygen atoms in total. The molecular formula is C38H43FN12O2. The minimum Gasteiger partial charge on any atom is -0.494 e. The zero-order chi connectivity index (χ0) is 36.1. The Morgan fingerprint density at radius 1 is 0.887 bits per heavy atom. The summed E-state index contributed by atoms with van der Waals surface area (Å²) >= 11 is 0. The first kappa shape index (κ1) is 34.7. The number of nitrogens with one attached hydrogen (secondary N) is 4. The third-order valence-electron chi connectivity index (χ3n) is 10.3. The average Bonchev–Trinajstić information content (AvgIpc) is 3.70. The van der Waals surface area contributed by atoms with Crippen molar-refractivity contribution < 1.29 is 14.2 Å². The second kappa shape index (κ2) is 15.7. The summed E-state index contributed by atoms with van der Waals surface area (Å²) in [6.07, 6.45) is 14.6. The smallest absolute Gasteiger partial charge is 0.165 e. The van der Waals surface area contributed by atoms with Gasteiger partial charge in [0.25, 0.3) is 0 Å². The largest absolute Gasteiger partial charge is 0.494 e. The van der Waals surface area contributed by atoms with Crippen molar-refractivity contribution in [2.45, 2.75) is 37.8 Å². The number of piperidine rings is 2. The van der Waals surface area contributed by atoms with Crippen molar-refractivity contribution in [2.24, 2.45) is 11.8 Å². The first-order valence-electron chi connectivity index (χ1n) is 18.2. The standard InChI is InChI=1S/C38H43FN12O2/c1-53-33-7-6-24(14-27(33)39)28-15-30-36(45-13-10-41-30)38(49-28)47-19-25-5-3-9-43-34(25)32(22-52)51-21-26(20-48-51)29-16-31-35(44-12-11-42-31)37(50-29)46-18-23-4-2-8-40-17-23/h6-7,10-16,20-21,23,25,32,34,40,43,52H,2-5,8-9,17-19,22H2,1H3,(H,46,50)(H,47,49)/t23-,25+,32?,34?/m0/s1. The van der Waals surface area contributed by atoms with Crippen molar-refractivity contribution in [1.82, 2.24) is 50.3 Å². The van der Waals surface area contributed by atoms with E-state index in [4.69, 9.17) is 19.8 Å². The highest BCUT2D eigenvalue weighted by Gasteiger charge is 2.33. The van der Waals surface area contributed by atoms with Gasteiger partial charge in [0.15, 0.2) is 23.2 Å². The number of anilines is 2. The predicted octanol–water partition coefficient (Wildman–Crippen LogP) is 4.47. The predicted molar refractivity (Wildman–Crippen MR) is 201 cm³/mol. The van der Waals surface area contributed by atoms with Crippen LogP contribution >= 0.6 is 0 Å². The number of pyridine rings is 2. The number of rotatable bonds is 12. The molecule has 6 aromatic rings. The van der Waals surface area contributed by atoms with Gasteiger partial charge in [-0.3, -0.25) is 14.6 Å². The minimum absolute atomic E-state index is 0.0954. The number of aliphatic hydroxyl groups excluding tert-OH is 1. The van der Waals surface area contributed by atoms with Gasteiger partial charge in [-0.2, -0.15) is 5.10 Å². The van der Waals surface area contributed by atoms with Crippen LogP contribution in [0.3, 0.4) is 0 Å². The molecule has 0 amide bonds. The van der Waals surface area contributed by atoms with E-state index >= 15 is 0 Å². The molecule has 274 valence electrons. The summed E-state index contributed by atoms with van der Waals surface area (Å²) in [5, 5.41) is 29.8. The van der Waals surface area contributed by atoms with Crippen molar-refractivity contribution >= 4 is 33.7 Å². The molecule has 2 fully saturated rings. The third kappa shape index (κ3) is 7.45. The van der Waals surface area contributed by atoms with Gasteiger partial charge in [-0.25, -0.2) is 24.3 Å². The zero-order valence-corrected chi connectivity index (χ0v) is 29.5. The van der Waals surface area contributed by atoms with Crippen molar-refractivity contribution in [2.75, 3.05) is 57.1 Å². The van der Waals surface area contributed by atoms with Crippen LogP contribution in [0.1, 0.15) is 31.7 Å². The number of fused-ring (bicyclic) bond motifs is 2. The molecule has 2 aliphatic rings. The monoisotopic (exact) mass is 718 g/mol. The zero-order valence-electron chi connectivity index (χ0n) is 29.5. The molecule has 8 rings (SSSR count). The van der Waals surface area contributed by atoms with Crippen LogP contribution in [0.15, 0.2) is 67.5 Å². The van der Waals surface area contributed by atoms with Crippen molar-refractivity contribution in [3.63, 3.8) is 0 Å². The lowest BCUT2D eigenvalue weighted by Crippen LogP contribution is -2.50. The quantitative estimate of drug-likeness (QED) is 0.120. The van der Waals surface area contributed by atoms with Crippen LogP contribution < -0.4 is 26.0 Å². The maximum absolute atomic E-state index is 14.7. The molecule has 2 unspecified atom stereocenters. The molecular weight excluding hydrogens is 675 g/mol. The summed E-state index contributed by atoms with van der Waals surface area (Å²) in [7, 11) is 1.44. The molecule has 1 aromatic carbocycles. The van der Waals surface area contributed by atoms with Crippen LogP contribution in [0.2, 0.25) is 0 Å². The highest BCUT2D eigenvalue weighted by molar-refractivity contribution is 5.89. The van der Waals surface area contributed by atoms with Gasteiger partial charge in [-0.15, -0.1) is 0 Å². The van der Waals surface area contributed by atoms with E-state index in [1.807, 2.05) is 16.9 Å². The van der Waals surface area contributed by atoms with Gasteiger partial charge < -0.3 is 31.1 Å². The molecule has 7 heterocycles. The highest BCUT2D eigenvalue weighted by Crippen LogP contribution is 2.32. The Hall–Kier alpha value is -5.38. The lowest BCUT2D eigenvalue weighted by atomic mass is 9.86. The molecule has 5 N–H and O–H groups in total. The lowest BCUT2D eigenvalue weighted by Gasteiger charge is -2.37. The Bertz CT molecular complexity index is 2190. The first-order valence-corrected chi connectivity index (χ1v) is 18.2. The SMILES string of the molecule is COc1ccc(-c2cc3nccnc3c(NC[C@H]3CCCNC3C(CO)n3cc(-c4cc5nccnc5c(NC[C@H]5CCCNC5)n4)cn3)n2)cc1F. The van der Waals surface area contributed by atoms with Gasteiger partial charge in [-0.05, 0) is 87.5 Å². The number of aliphatic hydroxyl groups is 1. The van der Waals surface area contributed by atoms with E-state index in [9.17, 15) is 9.50 Å². The van der Waals surface area contributed by atoms with Crippen molar-refractivity contribution in [3.8, 4) is 28.3 Å². The molecule has 15 heteroatoms. The molecule has 0 saturated carbocycles. The topological polar surface area (TPSA) is 173 Å². The number of nitrogens with zero attached hydrogens (tertiary/aromatic N) is 8. The highest BCUT2D eigenvalue weighted by atomic mass is 19.1. The van der Waals surface area contributed by atoms with Gasteiger partial charge in [0.1, 0.15) is 11.0 Å². The minimum atomic E-state index is -0.469. The maximum atomic E-state index is 14.7. The van der Waals surface area contributed by atoms with E-state index in [0.29, 0.717) is 46.4 Å². The van der Waals surface area contributed by atoms with E-state index < -0.39 is 5.82 Å². The van der Waals surface area contributed by atoms with Gasteiger partial charge >= 0.3 is 0 Å². The molecule has 2 saturated heterocycles. The average molecular weight is 719 g/mol. The molecule has 0 radical (unpaired) electrons. The Balaban J connectivity index is 1.03. The van der Waals surface area contributed by atoms with Crippen LogP contribution in [-0.2, 0) is 0 Å². The second-order valence-corrected chi connectivity index (χ2v) is 13.7. The second-order valence-electron chi connectivity index (χ2n) is 13.7. The van der Waals surface area contributed by atoms with Gasteiger partial charge in [0.05, 0.1) is 48.4 Å². The summed E-state index contributed by atoms with van der Waals surface area (Å²) in [5.74, 6) is 1.59. The van der Waals surface area contributed by atoms with E-state index in [1.54, 1.807) is 49.2 Å². The fourth-order valence-electron chi connectivity index (χ4n) is 7.55. The fraction of sp³-hybridized carbons (Fsp3) is 0.395. The molecule has 2 aliphatic heterocycles. The molecule has 53 heavy (non-hydrogen) atoms. The van der Waals surface area contributed by atoms with Crippen LogP contribution in [-0.4, -0.2) is 97.3 Å². The van der Waals surface area contributed by atoms with Crippen LogP contribution in [0.25, 0.3) is 44.6 Å². The molecule has 0 spiro atoms. The molecule has 0 aliphatic carbocycles. The van der Waals surface area contributed by atoms with E-state index in [1.165, 1.54) is 26.0 Å². The van der Waals surface area contributed by atoms with E-state index in [-0.39, 0.29) is 30.4 Å². The Morgan fingerprint density at radius 2 is 1.58 bits per heavy atom. The van der Waals surface area contributed by atoms with Crippen molar-refractivity contribution in [3.05, 3.63) is 73.3 Å². The summed E-state index contributed by atoms with van der Waals surface area (Å²) in [6.45, 7) is 4.11. The number of methoxy groups -OCH3 is 1. The maximum Gasteiger partial charge on any atom is 0.165 e. The van der Waals surface area contributed by atoms with E-state index in [2.05, 4.69) is 41.2 Å². The van der Waals surface area contributed by atoms with E-state index in [0.717, 1.165) is 61.3 Å². The van der Waals surface area contributed by atoms with Gasteiger partial charge in [0, 0.05) is 61.2 Å². The van der Waals surface area contributed by atoms with Gasteiger partial charge in [0.2, 0.25) is 0 Å². The van der Waals surface area contributed by atoms with Crippen LogP contribution in [0.4, 0.5) is 16.0 Å². The fourth-order valence-corrected chi connectivity index (χ4v) is 7.55. The van der Waals surface area contributed by atoms with Gasteiger partial charge in [-0.1, -0.05) is 0 Å². The molecule has 4 atom stereocenters. The summed E-state index contributed by atoms with van der Waals surface area (Å²) in [5.41, 5.74) is 5.47. The lowest BCUT2D eigenvalue weighted by molar-refractivity contribution is 0.136. The summed E-state index contributed by atoms with van der Waals surface area (Å²) < 4.78 is 21.6. The number of halogens is 1. The summed E-state index contributed by atoms with van der Waals surface area (Å²) in [4.78, 5) is 28.1. The molecule has 5 aromatic heterocycles. The first-order chi connectivity index (χ1) is 26.1. The van der Waals surface area contributed by atoms with Crippen LogP contribution in [0, 0.1) is 17.7 Å². The number of hydrogen-bond donors (Lipinski definition) is 5. The number of benzene rings is 1. The Kier molecular flexibility index (Phi) is 10.3. The Labute approximate surface area is 306 Å².